The largest absolute Gasteiger partial charge is 0.394 e. The second-order valence-electron chi connectivity index (χ2n) is 4.77. The van der Waals surface area contributed by atoms with Crippen molar-refractivity contribution in [3.8, 4) is 0 Å². The Kier molecular flexibility index (Phi) is 3.70. The van der Waals surface area contributed by atoms with Gasteiger partial charge < -0.3 is 14.9 Å². The molecule has 0 unspecified atom stereocenters. The number of aliphatic hydroxyl groups is 1. The molecule has 0 saturated carbocycles. The van der Waals surface area contributed by atoms with E-state index in [4.69, 9.17) is 9.63 Å². The highest BCUT2D eigenvalue weighted by atomic mass is 16.5. The molecule has 0 saturated heterocycles. The van der Waals surface area contributed by atoms with Crippen molar-refractivity contribution in [2.24, 2.45) is 0 Å². The van der Waals surface area contributed by atoms with E-state index in [0.717, 1.165) is 0 Å². The summed E-state index contributed by atoms with van der Waals surface area (Å²) in [5.41, 5.74) is -0.418. The topological polar surface area (TPSA) is 75.4 Å². The van der Waals surface area contributed by atoms with Gasteiger partial charge in [0.25, 0.3) is 5.91 Å². The van der Waals surface area contributed by atoms with E-state index in [9.17, 15) is 4.79 Å². The number of hydrogen-bond donors (Lipinski definition) is 2. The number of hydrogen-bond acceptors (Lipinski definition) is 4. The van der Waals surface area contributed by atoms with Gasteiger partial charge in [-0.3, -0.25) is 4.79 Å². The van der Waals surface area contributed by atoms with Crippen molar-refractivity contribution in [1.29, 1.82) is 0 Å². The molecule has 16 heavy (non-hydrogen) atoms. The van der Waals surface area contributed by atoms with E-state index in [-0.39, 0.29) is 24.1 Å². The van der Waals surface area contributed by atoms with Gasteiger partial charge in [0.2, 0.25) is 0 Å². The fraction of sp³-hybridized carbons (Fsp3) is 0.636. The van der Waals surface area contributed by atoms with Crippen LogP contribution in [0.2, 0.25) is 0 Å². The lowest BCUT2D eigenvalue weighted by Crippen LogP contribution is -2.46. The van der Waals surface area contributed by atoms with Crippen molar-refractivity contribution in [3.63, 3.8) is 0 Å². The first-order valence-electron chi connectivity index (χ1n) is 5.25. The van der Waals surface area contributed by atoms with E-state index in [1.54, 1.807) is 19.9 Å². The van der Waals surface area contributed by atoms with Gasteiger partial charge in [-0.2, -0.15) is 0 Å². The zero-order valence-electron chi connectivity index (χ0n) is 10.1. The molecule has 1 rings (SSSR count). The lowest BCUT2D eigenvalue weighted by Gasteiger charge is -2.22. The third-order valence-corrected chi connectivity index (χ3v) is 2.18. The van der Waals surface area contributed by atoms with Crippen molar-refractivity contribution in [2.45, 2.75) is 39.2 Å². The monoisotopic (exact) mass is 226 g/mol. The van der Waals surface area contributed by atoms with Crippen LogP contribution in [0.4, 0.5) is 0 Å². The first kappa shape index (κ1) is 12.7. The van der Waals surface area contributed by atoms with Crippen LogP contribution < -0.4 is 5.32 Å². The average molecular weight is 226 g/mol. The predicted molar refractivity (Wildman–Crippen MR) is 59.2 cm³/mol. The molecule has 1 aromatic rings. The molecule has 0 aliphatic carbocycles. The Hall–Kier alpha value is -1.36. The summed E-state index contributed by atoms with van der Waals surface area (Å²) in [6.07, 6.45) is 0. The molecule has 1 amide bonds. The summed E-state index contributed by atoms with van der Waals surface area (Å²) in [6, 6.07) is 1.62. The SMILES string of the molecule is CC(C)c1cc(C(=O)NC(C)(C)CO)no1. The summed E-state index contributed by atoms with van der Waals surface area (Å²) < 4.78 is 5.02. The molecule has 0 spiro atoms. The molecule has 90 valence electrons. The zero-order valence-corrected chi connectivity index (χ0v) is 10.1. The normalized spacial score (nSPS) is 11.9. The number of nitrogens with one attached hydrogen (secondary N) is 1. The Labute approximate surface area is 94.8 Å². The van der Waals surface area contributed by atoms with E-state index in [0.29, 0.717) is 5.76 Å². The number of rotatable bonds is 4. The van der Waals surface area contributed by atoms with E-state index in [1.165, 1.54) is 0 Å². The molecule has 1 heterocycles. The molecule has 5 nitrogen and oxygen atoms in total. The molecule has 5 heteroatoms. The Morgan fingerprint density at radius 2 is 2.25 bits per heavy atom. The molecule has 0 radical (unpaired) electrons. The Bertz CT molecular complexity index is 369. The van der Waals surface area contributed by atoms with Gasteiger partial charge in [-0.15, -0.1) is 0 Å². The molecule has 1 aromatic heterocycles. The highest BCUT2D eigenvalue weighted by molar-refractivity contribution is 5.92. The highest BCUT2D eigenvalue weighted by Crippen LogP contribution is 2.15. The average Bonchev–Trinajstić information content (AvgIpc) is 2.66. The van der Waals surface area contributed by atoms with Crippen LogP contribution in [0.3, 0.4) is 0 Å². The maximum Gasteiger partial charge on any atom is 0.273 e. The van der Waals surface area contributed by atoms with Crippen molar-refractivity contribution in [2.75, 3.05) is 6.61 Å². The molecule has 0 atom stereocenters. The van der Waals surface area contributed by atoms with E-state index >= 15 is 0 Å². The van der Waals surface area contributed by atoms with Crippen molar-refractivity contribution >= 4 is 5.91 Å². The minimum absolute atomic E-state index is 0.131. The number of nitrogens with zero attached hydrogens (tertiary/aromatic N) is 1. The van der Waals surface area contributed by atoms with Gasteiger partial charge in [-0.25, -0.2) is 0 Å². The minimum atomic E-state index is -0.659. The molecule has 2 N–H and O–H groups in total. The zero-order chi connectivity index (χ0) is 12.3. The van der Waals surface area contributed by atoms with E-state index < -0.39 is 5.54 Å². The van der Waals surface area contributed by atoms with Gasteiger partial charge in [0.1, 0.15) is 5.76 Å². The third-order valence-electron chi connectivity index (χ3n) is 2.18. The number of aliphatic hydroxyl groups excluding tert-OH is 1. The van der Waals surface area contributed by atoms with Crippen molar-refractivity contribution < 1.29 is 14.4 Å². The van der Waals surface area contributed by atoms with Crippen LogP contribution in [0.15, 0.2) is 10.6 Å². The van der Waals surface area contributed by atoms with Crippen molar-refractivity contribution in [1.82, 2.24) is 10.5 Å². The van der Waals surface area contributed by atoms with Gasteiger partial charge in [0.15, 0.2) is 5.69 Å². The number of carbonyl (C=O) groups excluding carboxylic acids is 1. The maximum atomic E-state index is 11.7. The smallest absolute Gasteiger partial charge is 0.273 e. The van der Waals surface area contributed by atoms with Gasteiger partial charge in [0.05, 0.1) is 12.1 Å². The lowest BCUT2D eigenvalue weighted by atomic mass is 10.1. The fourth-order valence-electron chi connectivity index (χ4n) is 1.08. The van der Waals surface area contributed by atoms with Crippen LogP contribution in [0.25, 0.3) is 0 Å². The number of aromatic nitrogens is 1. The Morgan fingerprint density at radius 1 is 1.62 bits per heavy atom. The van der Waals surface area contributed by atoms with E-state index in [2.05, 4.69) is 10.5 Å². The molecular weight excluding hydrogens is 208 g/mol. The predicted octanol–water partition coefficient (Wildman–Crippen LogP) is 1.30. The molecule has 0 aromatic carbocycles. The van der Waals surface area contributed by atoms with Crippen LogP contribution in [0.1, 0.15) is 49.9 Å². The second-order valence-corrected chi connectivity index (χ2v) is 4.77. The summed E-state index contributed by atoms with van der Waals surface area (Å²) >= 11 is 0. The quantitative estimate of drug-likeness (QED) is 0.811. The summed E-state index contributed by atoms with van der Waals surface area (Å²) in [5.74, 6) is 0.529. The van der Waals surface area contributed by atoms with Crippen LogP contribution in [-0.2, 0) is 0 Å². The van der Waals surface area contributed by atoms with Crippen LogP contribution in [0.5, 0.6) is 0 Å². The van der Waals surface area contributed by atoms with E-state index in [1.807, 2.05) is 13.8 Å². The number of carbonyl (C=O) groups is 1. The van der Waals surface area contributed by atoms with Gasteiger partial charge in [0, 0.05) is 12.0 Å². The summed E-state index contributed by atoms with van der Waals surface area (Å²) in [5, 5.41) is 15.4. The standard InChI is InChI=1S/C11H18N2O3/c1-7(2)9-5-8(13-16-9)10(15)12-11(3,4)6-14/h5,7,14H,6H2,1-4H3,(H,12,15). The Balaban J connectivity index is 2.74. The van der Waals surface area contributed by atoms with Crippen molar-refractivity contribution in [3.05, 3.63) is 17.5 Å². The molecule has 0 bridgehead atoms. The fourth-order valence-corrected chi connectivity index (χ4v) is 1.08. The molecular formula is C11H18N2O3. The highest BCUT2D eigenvalue weighted by Gasteiger charge is 2.22. The van der Waals surface area contributed by atoms with Crippen LogP contribution >= 0.6 is 0 Å². The molecule has 0 fully saturated rings. The summed E-state index contributed by atoms with van der Waals surface area (Å²) in [6.45, 7) is 7.25. The maximum absolute atomic E-state index is 11.7. The van der Waals surface area contributed by atoms with Crippen LogP contribution in [-0.4, -0.2) is 28.3 Å². The number of amides is 1. The van der Waals surface area contributed by atoms with Gasteiger partial charge >= 0.3 is 0 Å². The first-order valence-corrected chi connectivity index (χ1v) is 5.25. The third kappa shape index (κ3) is 3.06. The van der Waals surface area contributed by atoms with Gasteiger partial charge in [-0.05, 0) is 13.8 Å². The first-order chi connectivity index (χ1) is 7.35. The molecule has 0 aliphatic heterocycles. The lowest BCUT2D eigenvalue weighted by molar-refractivity contribution is 0.0860. The van der Waals surface area contributed by atoms with Gasteiger partial charge in [-0.1, -0.05) is 19.0 Å². The Morgan fingerprint density at radius 3 is 2.69 bits per heavy atom. The second kappa shape index (κ2) is 4.65. The molecule has 0 aliphatic rings. The van der Waals surface area contributed by atoms with Crippen LogP contribution in [0, 0.1) is 0 Å². The minimum Gasteiger partial charge on any atom is -0.394 e. The summed E-state index contributed by atoms with van der Waals surface area (Å²) in [4.78, 5) is 11.7. The summed E-state index contributed by atoms with van der Waals surface area (Å²) in [7, 11) is 0.